The van der Waals surface area contributed by atoms with Crippen molar-refractivity contribution in [2.24, 2.45) is 0 Å². The molecule has 0 N–H and O–H groups in total. The van der Waals surface area contributed by atoms with Gasteiger partial charge in [0.2, 0.25) is 5.91 Å². The minimum absolute atomic E-state index is 0.0256. The van der Waals surface area contributed by atoms with Gasteiger partial charge in [-0.1, -0.05) is 41.9 Å². The van der Waals surface area contributed by atoms with Crippen molar-refractivity contribution in [3.05, 3.63) is 88.7 Å². The Labute approximate surface area is 211 Å². The van der Waals surface area contributed by atoms with Crippen LogP contribution < -0.4 is 9.64 Å². The first kappa shape index (κ1) is 23.4. The van der Waals surface area contributed by atoms with E-state index in [-0.39, 0.29) is 11.8 Å². The Morgan fingerprint density at radius 1 is 1.00 bits per heavy atom. The molecule has 0 aliphatic carbocycles. The van der Waals surface area contributed by atoms with Gasteiger partial charge in [-0.05, 0) is 74.2 Å². The minimum atomic E-state index is 0.0256. The molecule has 0 radical (unpaired) electrons. The van der Waals surface area contributed by atoms with Crippen molar-refractivity contribution >= 4 is 34.2 Å². The van der Waals surface area contributed by atoms with E-state index in [1.807, 2.05) is 42.5 Å². The number of halogens is 1. The molecule has 1 fully saturated rings. The molecule has 35 heavy (non-hydrogen) atoms. The number of amides is 1. The molecule has 1 aliphatic rings. The summed E-state index contributed by atoms with van der Waals surface area (Å²) in [7, 11) is 0. The van der Waals surface area contributed by atoms with E-state index in [4.69, 9.17) is 21.3 Å². The number of nitrogens with zero attached hydrogens (tertiary/aromatic N) is 3. The highest BCUT2D eigenvalue weighted by molar-refractivity contribution is 6.33. The van der Waals surface area contributed by atoms with Crippen molar-refractivity contribution in [1.29, 1.82) is 0 Å². The average molecular weight is 488 g/mol. The molecule has 1 aliphatic heterocycles. The van der Waals surface area contributed by atoms with Crippen LogP contribution in [-0.4, -0.2) is 28.6 Å². The van der Waals surface area contributed by atoms with Crippen LogP contribution in [0.15, 0.2) is 66.7 Å². The van der Waals surface area contributed by atoms with Crippen LogP contribution in [0.4, 0.5) is 5.69 Å². The van der Waals surface area contributed by atoms with Crippen LogP contribution in [0.25, 0.3) is 11.0 Å². The van der Waals surface area contributed by atoms with Gasteiger partial charge in [0.1, 0.15) is 11.6 Å². The summed E-state index contributed by atoms with van der Waals surface area (Å²) in [4.78, 5) is 19.7. The number of hydrogen-bond acceptors (Lipinski definition) is 3. The number of fused-ring (bicyclic) bond motifs is 1. The van der Waals surface area contributed by atoms with Crippen molar-refractivity contribution in [3.63, 3.8) is 0 Å². The fourth-order valence-electron chi connectivity index (χ4n) is 5.00. The first-order valence-electron chi connectivity index (χ1n) is 12.2. The monoisotopic (exact) mass is 487 g/mol. The Kier molecular flexibility index (Phi) is 6.78. The lowest BCUT2D eigenvalue weighted by molar-refractivity contribution is -0.117. The lowest BCUT2D eigenvalue weighted by Crippen LogP contribution is -2.24. The third-order valence-electron chi connectivity index (χ3n) is 6.56. The van der Waals surface area contributed by atoms with Crippen molar-refractivity contribution in [1.82, 2.24) is 9.55 Å². The third kappa shape index (κ3) is 5.06. The average Bonchev–Trinajstić information content (AvgIpc) is 3.39. The second kappa shape index (κ2) is 10.1. The van der Waals surface area contributed by atoms with Crippen LogP contribution in [-0.2, 0) is 11.3 Å². The van der Waals surface area contributed by atoms with Gasteiger partial charge in [-0.2, -0.15) is 0 Å². The van der Waals surface area contributed by atoms with E-state index in [1.54, 1.807) is 4.90 Å². The molecule has 6 heteroatoms. The predicted molar refractivity (Wildman–Crippen MR) is 142 cm³/mol. The van der Waals surface area contributed by atoms with Crippen LogP contribution in [0.5, 0.6) is 5.75 Å². The zero-order valence-electron chi connectivity index (χ0n) is 20.2. The van der Waals surface area contributed by atoms with Gasteiger partial charge in [-0.15, -0.1) is 0 Å². The van der Waals surface area contributed by atoms with Crippen molar-refractivity contribution in [2.45, 2.75) is 45.6 Å². The summed E-state index contributed by atoms with van der Waals surface area (Å²) in [5, 5.41) is 0.596. The number of benzene rings is 3. The summed E-state index contributed by atoms with van der Waals surface area (Å²) in [6.45, 7) is 6.27. The minimum Gasteiger partial charge on any atom is -0.494 e. The number of rotatable bonds is 8. The number of carbonyl (C=O) groups is 1. The molecule has 2 heterocycles. The summed E-state index contributed by atoms with van der Waals surface area (Å²) >= 11 is 6.39. The van der Waals surface area contributed by atoms with Crippen LogP contribution in [0.3, 0.4) is 0 Å². The number of imidazole rings is 1. The van der Waals surface area contributed by atoms with Gasteiger partial charge in [0.25, 0.3) is 0 Å². The fourth-order valence-corrected chi connectivity index (χ4v) is 5.24. The molecule has 1 amide bonds. The largest absolute Gasteiger partial charge is 0.494 e. The quantitative estimate of drug-likeness (QED) is 0.260. The van der Waals surface area contributed by atoms with E-state index in [0.717, 1.165) is 47.7 Å². The van der Waals surface area contributed by atoms with Gasteiger partial charge in [-0.3, -0.25) is 4.79 Å². The summed E-state index contributed by atoms with van der Waals surface area (Å²) in [5.41, 5.74) is 5.28. The number of ether oxygens (including phenoxy) is 1. The Bertz CT molecular complexity index is 1340. The van der Waals surface area contributed by atoms with Gasteiger partial charge in [0, 0.05) is 25.4 Å². The van der Waals surface area contributed by atoms with E-state index in [2.05, 4.69) is 42.7 Å². The Morgan fingerprint density at radius 3 is 2.54 bits per heavy atom. The van der Waals surface area contributed by atoms with Crippen LogP contribution in [0.2, 0.25) is 5.02 Å². The molecule has 1 aromatic heterocycles. The standard InChI is InChI=1S/C29H30ClN3O2/c1-20-15-21(2)17-23(16-20)35-14-8-7-13-32-27-12-6-4-10-25(27)31-29(32)22-18-28(34)33(19-22)26-11-5-3-9-24(26)30/h3-6,9-12,15-17,22H,7-8,13-14,18-19H2,1-2H3. The van der Waals surface area contributed by atoms with Crippen molar-refractivity contribution in [2.75, 3.05) is 18.1 Å². The number of aryl methyl sites for hydroxylation is 3. The van der Waals surface area contributed by atoms with Crippen LogP contribution in [0, 0.1) is 13.8 Å². The first-order chi connectivity index (χ1) is 17.0. The molecule has 3 aromatic carbocycles. The van der Waals surface area contributed by atoms with Gasteiger partial charge in [0.15, 0.2) is 0 Å². The molecule has 180 valence electrons. The smallest absolute Gasteiger partial charge is 0.227 e. The van der Waals surface area contributed by atoms with Crippen molar-refractivity contribution < 1.29 is 9.53 Å². The Morgan fingerprint density at radius 2 is 1.74 bits per heavy atom. The molecular formula is C29H30ClN3O2. The molecule has 1 saturated heterocycles. The maximum absolute atomic E-state index is 12.9. The summed E-state index contributed by atoms with van der Waals surface area (Å²) < 4.78 is 8.30. The summed E-state index contributed by atoms with van der Waals surface area (Å²) in [5.74, 6) is 2.02. The summed E-state index contributed by atoms with van der Waals surface area (Å²) in [6.07, 6.45) is 2.34. The summed E-state index contributed by atoms with van der Waals surface area (Å²) in [6, 6.07) is 22.0. The second-order valence-electron chi connectivity index (χ2n) is 9.35. The molecule has 1 atom stereocenters. The fraction of sp³-hybridized carbons (Fsp3) is 0.310. The van der Waals surface area contributed by atoms with Crippen LogP contribution in [0.1, 0.15) is 42.1 Å². The van der Waals surface area contributed by atoms with Gasteiger partial charge in [0.05, 0.1) is 28.4 Å². The maximum atomic E-state index is 12.9. The number of para-hydroxylation sites is 3. The predicted octanol–water partition coefficient (Wildman–Crippen LogP) is 6.69. The van der Waals surface area contributed by atoms with E-state index >= 15 is 0 Å². The highest BCUT2D eigenvalue weighted by Crippen LogP contribution is 2.36. The van der Waals surface area contributed by atoms with Crippen molar-refractivity contribution in [3.8, 4) is 5.75 Å². The van der Waals surface area contributed by atoms with E-state index < -0.39 is 0 Å². The number of aromatic nitrogens is 2. The van der Waals surface area contributed by atoms with E-state index in [1.165, 1.54) is 11.1 Å². The van der Waals surface area contributed by atoms with E-state index in [0.29, 0.717) is 24.6 Å². The zero-order chi connectivity index (χ0) is 24.4. The molecule has 0 spiro atoms. The lowest BCUT2D eigenvalue weighted by atomic mass is 10.1. The van der Waals surface area contributed by atoms with E-state index in [9.17, 15) is 4.79 Å². The van der Waals surface area contributed by atoms with Crippen LogP contribution >= 0.6 is 11.6 Å². The Balaban J connectivity index is 1.30. The maximum Gasteiger partial charge on any atom is 0.227 e. The van der Waals surface area contributed by atoms with Gasteiger partial charge >= 0.3 is 0 Å². The number of hydrogen-bond donors (Lipinski definition) is 0. The molecular weight excluding hydrogens is 458 g/mol. The molecule has 1 unspecified atom stereocenters. The molecule has 4 aromatic rings. The Hall–Kier alpha value is -3.31. The van der Waals surface area contributed by atoms with Gasteiger partial charge < -0.3 is 14.2 Å². The second-order valence-corrected chi connectivity index (χ2v) is 9.75. The SMILES string of the molecule is Cc1cc(C)cc(OCCCCn2c(C3CC(=O)N(c4ccccc4Cl)C3)nc3ccccc32)c1. The number of unbranched alkanes of at least 4 members (excludes halogenated alkanes) is 1. The highest BCUT2D eigenvalue weighted by Gasteiger charge is 2.35. The number of carbonyl (C=O) groups excluding carboxylic acids is 1. The first-order valence-corrected chi connectivity index (χ1v) is 12.6. The lowest BCUT2D eigenvalue weighted by Gasteiger charge is -2.18. The molecule has 0 saturated carbocycles. The molecule has 5 nitrogen and oxygen atoms in total. The normalized spacial score (nSPS) is 15.8. The highest BCUT2D eigenvalue weighted by atomic mass is 35.5. The molecule has 5 rings (SSSR count). The zero-order valence-corrected chi connectivity index (χ0v) is 21.0. The third-order valence-corrected chi connectivity index (χ3v) is 6.88. The molecule has 0 bridgehead atoms. The van der Waals surface area contributed by atoms with Gasteiger partial charge in [-0.25, -0.2) is 4.98 Å². The number of anilines is 1. The topological polar surface area (TPSA) is 47.4 Å².